The van der Waals surface area contributed by atoms with Crippen LogP contribution in [0.3, 0.4) is 0 Å². The van der Waals surface area contributed by atoms with Gasteiger partial charge in [0.1, 0.15) is 6.04 Å². The van der Waals surface area contributed by atoms with Gasteiger partial charge < -0.3 is 5.32 Å². The van der Waals surface area contributed by atoms with Gasteiger partial charge in [0, 0.05) is 6.54 Å². The van der Waals surface area contributed by atoms with Crippen LogP contribution in [0, 0.1) is 0 Å². The van der Waals surface area contributed by atoms with Crippen molar-refractivity contribution < 1.29 is 13.2 Å². The largest absolute Gasteiger partial charge is 0.355 e. The predicted octanol–water partition coefficient (Wildman–Crippen LogP) is 1.12. The molecule has 1 aliphatic heterocycles. The first-order chi connectivity index (χ1) is 10.1. The molecule has 0 aromatic heterocycles. The van der Waals surface area contributed by atoms with Gasteiger partial charge in [0.2, 0.25) is 15.9 Å². The number of hydrogen-bond donors (Lipinski definition) is 2. The Bertz CT molecular complexity index is 655. The Morgan fingerprint density at radius 1 is 1.10 bits per heavy atom. The molecule has 1 amide bonds. The van der Waals surface area contributed by atoms with Crippen LogP contribution in [-0.4, -0.2) is 26.9 Å². The molecule has 0 unspecified atom stereocenters. The van der Waals surface area contributed by atoms with Crippen molar-refractivity contribution in [2.75, 3.05) is 6.54 Å². The van der Waals surface area contributed by atoms with Gasteiger partial charge >= 0.3 is 0 Å². The zero-order valence-electron chi connectivity index (χ0n) is 11.9. The zero-order chi connectivity index (χ0) is 14.9. The minimum absolute atomic E-state index is 0.225. The summed E-state index contributed by atoms with van der Waals surface area (Å²) in [5, 5.41) is 2.74. The van der Waals surface area contributed by atoms with E-state index in [1.54, 1.807) is 12.1 Å². The van der Waals surface area contributed by atoms with Crippen LogP contribution in [0.5, 0.6) is 0 Å². The third-order valence-corrected chi connectivity index (χ3v) is 5.68. The minimum Gasteiger partial charge on any atom is -0.355 e. The fourth-order valence-corrected chi connectivity index (χ4v) is 4.30. The highest BCUT2D eigenvalue weighted by molar-refractivity contribution is 7.89. The van der Waals surface area contributed by atoms with Crippen LogP contribution in [0.1, 0.15) is 36.8 Å². The van der Waals surface area contributed by atoms with Gasteiger partial charge in [0.05, 0.1) is 4.90 Å². The normalized spacial score (nSPS) is 22.5. The van der Waals surface area contributed by atoms with Crippen LogP contribution in [0.4, 0.5) is 0 Å². The number of fused-ring (bicyclic) bond motifs is 1. The second kappa shape index (κ2) is 5.77. The summed E-state index contributed by atoms with van der Waals surface area (Å²) >= 11 is 0. The Hall–Kier alpha value is -1.40. The molecular weight excluding hydrogens is 288 g/mol. The topological polar surface area (TPSA) is 75.3 Å². The Morgan fingerprint density at radius 3 is 2.76 bits per heavy atom. The van der Waals surface area contributed by atoms with E-state index in [2.05, 4.69) is 10.0 Å². The summed E-state index contributed by atoms with van der Waals surface area (Å²) in [5.74, 6) is -0.225. The van der Waals surface area contributed by atoms with E-state index in [-0.39, 0.29) is 10.8 Å². The van der Waals surface area contributed by atoms with E-state index in [4.69, 9.17) is 0 Å². The number of benzene rings is 1. The molecule has 21 heavy (non-hydrogen) atoms. The smallest absolute Gasteiger partial charge is 0.241 e. The van der Waals surface area contributed by atoms with E-state index in [0.29, 0.717) is 13.0 Å². The third kappa shape index (κ3) is 3.11. The van der Waals surface area contributed by atoms with Gasteiger partial charge in [-0.05, 0) is 61.8 Å². The van der Waals surface area contributed by atoms with Crippen molar-refractivity contribution in [3.05, 3.63) is 29.3 Å². The molecule has 2 aliphatic rings. The molecule has 0 spiro atoms. The fourth-order valence-electron chi connectivity index (χ4n) is 3.02. The SMILES string of the molecule is O=C1NCCCC[C@@H]1NS(=O)(=O)c1ccc2c(c1)CCC2. The molecule has 2 N–H and O–H groups in total. The number of nitrogens with one attached hydrogen (secondary N) is 2. The van der Waals surface area contributed by atoms with Gasteiger partial charge in [-0.3, -0.25) is 4.79 Å². The molecule has 6 heteroatoms. The second-order valence-corrected chi connectivity index (χ2v) is 7.46. The van der Waals surface area contributed by atoms with E-state index in [0.717, 1.165) is 37.7 Å². The molecule has 5 nitrogen and oxygen atoms in total. The van der Waals surface area contributed by atoms with Crippen LogP contribution < -0.4 is 10.0 Å². The molecule has 1 saturated heterocycles. The van der Waals surface area contributed by atoms with E-state index in [1.807, 2.05) is 6.07 Å². The first kappa shape index (κ1) is 14.5. The van der Waals surface area contributed by atoms with Crippen molar-refractivity contribution in [3.63, 3.8) is 0 Å². The molecule has 114 valence electrons. The van der Waals surface area contributed by atoms with Gasteiger partial charge in [-0.2, -0.15) is 4.72 Å². The lowest BCUT2D eigenvalue weighted by Gasteiger charge is -2.16. The summed E-state index contributed by atoms with van der Waals surface area (Å²) in [5.41, 5.74) is 2.35. The Balaban J connectivity index is 1.81. The summed E-state index contributed by atoms with van der Waals surface area (Å²) in [7, 11) is -3.64. The molecule has 1 aromatic carbocycles. The molecule has 1 aromatic rings. The van der Waals surface area contributed by atoms with E-state index >= 15 is 0 Å². The molecule has 1 atom stereocenters. The van der Waals surface area contributed by atoms with Crippen molar-refractivity contribution in [2.24, 2.45) is 0 Å². The van der Waals surface area contributed by atoms with E-state index < -0.39 is 16.1 Å². The van der Waals surface area contributed by atoms with Crippen LogP contribution in [0.15, 0.2) is 23.1 Å². The lowest BCUT2D eigenvalue weighted by molar-refractivity contribution is -0.122. The van der Waals surface area contributed by atoms with Crippen molar-refractivity contribution in [1.82, 2.24) is 10.0 Å². The number of carbonyl (C=O) groups excluding carboxylic acids is 1. The summed E-state index contributed by atoms with van der Waals surface area (Å²) in [6.07, 6.45) is 5.32. The standard InChI is InChI=1S/C15H20N2O3S/c18-15-14(6-1-2-9-16-15)17-21(19,20)13-8-7-11-4-3-5-12(11)10-13/h7-8,10,14,17H,1-6,9H2,(H,16,18)/t14-/m0/s1. The maximum Gasteiger partial charge on any atom is 0.241 e. The highest BCUT2D eigenvalue weighted by atomic mass is 32.2. The molecule has 1 aliphatic carbocycles. The molecule has 0 radical (unpaired) electrons. The van der Waals surface area contributed by atoms with Crippen molar-refractivity contribution >= 4 is 15.9 Å². The fraction of sp³-hybridized carbons (Fsp3) is 0.533. The zero-order valence-corrected chi connectivity index (χ0v) is 12.7. The second-order valence-electron chi connectivity index (χ2n) is 5.74. The number of amides is 1. The van der Waals surface area contributed by atoms with Crippen molar-refractivity contribution in [2.45, 2.75) is 49.5 Å². The summed E-state index contributed by atoms with van der Waals surface area (Å²) < 4.78 is 27.5. The average Bonchev–Trinajstić information content (AvgIpc) is 2.84. The lowest BCUT2D eigenvalue weighted by atomic mass is 10.1. The quantitative estimate of drug-likeness (QED) is 0.879. The van der Waals surface area contributed by atoms with Gasteiger partial charge in [-0.15, -0.1) is 0 Å². The molecule has 1 heterocycles. The summed E-state index contributed by atoms with van der Waals surface area (Å²) in [6.45, 7) is 0.621. The maximum absolute atomic E-state index is 12.5. The van der Waals surface area contributed by atoms with Gasteiger partial charge in [0.25, 0.3) is 0 Å². The minimum atomic E-state index is -3.64. The van der Waals surface area contributed by atoms with Gasteiger partial charge in [-0.25, -0.2) is 8.42 Å². The Morgan fingerprint density at radius 2 is 1.90 bits per heavy atom. The van der Waals surface area contributed by atoms with Crippen LogP contribution in [0.2, 0.25) is 0 Å². The van der Waals surface area contributed by atoms with E-state index in [1.165, 1.54) is 5.56 Å². The lowest BCUT2D eigenvalue weighted by Crippen LogP contribution is -2.45. The first-order valence-electron chi connectivity index (χ1n) is 7.48. The van der Waals surface area contributed by atoms with Crippen molar-refractivity contribution in [3.8, 4) is 0 Å². The molecule has 3 rings (SSSR count). The highest BCUT2D eigenvalue weighted by Crippen LogP contribution is 2.25. The molecule has 0 saturated carbocycles. The Labute approximate surface area is 125 Å². The summed E-state index contributed by atoms with van der Waals surface area (Å²) in [6, 6.07) is 4.62. The third-order valence-electron chi connectivity index (χ3n) is 4.21. The number of sulfonamides is 1. The number of carbonyl (C=O) groups is 1. The number of aryl methyl sites for hydroxylation is 2. The van der Waals surface area contributed by atoms with Crippen LogP contribution in [-0.2, 0) is 27.7 Å². The molecule has 1 fully saturated rings. The summed E-state index contributed by atoms with van der Waals surface area (Å²) in [4.78, 5) is 12.1. The average molecular weight is 308 g/mol. The van der Waals surface area contributed by atoms with Crippen LogP contribution in [0.25, 0.3) is 0 Å². The monoisotopic (exact) mass is 308 g/mol. The molecular formula is C15H20N2O3S. The molecule has 0 bridgehead atoms. The van der Waals surface area contributed by atoms with E-state index in [9.17, 15) is 13.2 Å². The Kier molecular flexibility index (Phi) is 3.99. The first-order valence-corrected chi connectivity index (χ1v) is 8.96. The number of rotatable bonds is 3. The number of hydrogen-bond acceptors (Lipinski definition) is 3. The van der Waals surface area contributed by atoms with Gasteiger partial charge in [0.15, 0.2) is 0 Å². The van der Waals surface area contributed by atoms with Crippen LogP contribution >= 0.6 is 0 Å². The maximum atomic E-state index is 12.5. The van der Waals surface area contributed by atoms with Crippen molar-refractivity contribution in [1.29, 1.82) is 0 Å². The predicted molar refractivity (Wildman–Crippen MR) is 79.4 cm³/mol. The highest BCUT2D eigenvalue weighted by Gasteiger charge is 2.27. The van der Waals surface area contributed by atoms with Gasteiger partial charge in [-0.1, -0.05) is 6.07 Å².